The van der Waals surface area contributed by atoms with Gasteiger partial charge in [0.05, 0.1) is 0 Å². The zero-order valence-electron chi connectivity index (χ0n) is 12.9. The van der Waals surface area contributed by atoms with Crippen LogP contribution in [0.25, 0.3) is 0 Å². The third-order valence-corrected chi connectivity index (χ3v) is 4.71. The van der Waals surface area contributed by atoms with Crippen molar-refractivity contribution in [3.05, 3.63) is 0 Å². The molecule has 2 heteroatoms. The lowest BCUT2D eigenvalue weighted by Gasteiger charge is -2.44. The Morgan fingerprint density at radius 2 is 1.83 bits per heavy atom. The summed E-state index contributed by atoms with van der Waals surface area (Å²) in [4.78, 5) is 2.73. The van der Waals surface area contributed by atoms with Gasteiger partial charge in [-0.2, -0.15) is 0 Å². The van der Waals surface area contributed by atoms with Gasteiger partial charge in [-0.25, -0.2) is 0 Å². The zero-order chi connectivity index (χ0) is 13.2. The predicted molar refractivity (Wildman–Crippen MR) is 78.9 cm³/mol. The van der Waals surface area contributed by atoms with Gasteiger partial charge >= 0.3 is 0 Å². The summed E-state index contributed by atoms with van der Waals surface area (Å²) in [5.74, 6) is 0.846. The van der Waals surface area contributed by atoms with Crippen molar-refractivity contribution >= 4 is 0 Å². The molecular weight excluding hydrogens is 220 g/mol. The Hall–Kier alpha value is -0.0800. The molecule has 0 aromatic heterocycles. The fraction of sp³-hybridized carbons (Fsp3) is 1.00. The molecule has 1 aliphatic carbocycles. The van der Waals surface area contributed by atoms with E-state index in [0.717, 1.165) is 12.5 Å². The SMILES string of the molecule is CC(C)CC1(CN2CCNC(C)(C)C2)CCCC1. The molecule has 2 aliphatic rings. The van der Waals surface area contributed by atoms with Crippen LogP contribution >= 0.6 is 0 Å². The number of hydrogen-bond donors (Lipinski definition) is 1. The minimum atomic E-state index is 0.301. The third-order valence-electron chi connectivity index (χ3n) is 4.71. The molecule has 1 N–H and O–H groups in total. The topological polar surface area (TPSA) is 15.3 Å². The lowest BCUT2D eigenvalue weighted by atomic mass is 9.77. The van der Waals surface area contributed by atoms with E-state index in [0.29, 0.717) is 11.0 Å². The van der Waals surface area contributed by atoms with Crippen molar-refractivity contribution in [1.82, 2.24) is 10.2 Å². The van der Waals surface area contributed by atoms with Crippen LogP contribution in [0.1, 0.15) is 59.8 Å². The second-order valence-electron chi connectivity index (χ2n) is 7.83. The van der Waals surface area contributed by atoms with Gasteiger partial charge in [-0.15, -0.1) is 0 Å². The molecule has 0 aromatic carbocycles. The van der Waals surface area contributed by atoms with E-state index in [1.165, 1.54) is 51.7 Å². The molecular formula is C16H32N2. The Balaban J connectivity index is 1.96. The molecule has 0 amide bonds. The molecule has 1 saturated carbocycles. The predicted octanol–water partition coefficient (Wildman–Crippen LogP) is 3.28. The second kappa shape index (κ2) is 5.50. The normalized spacial score (nSPS) is 27.8. The number of nitrogens with zero attached hydrogens (tertiary/aromatic N) is 1. The Morgan fingerprint density at radius 3 is 2.39 bits per heavy atom. The lowest BCUT2D eigenvalue weighted by Crippen LogP contribution is -2.58. The summed E-state index contributed by atoms with van der Waals surface area (Å²) < 4.78 is 0. The van der Waals surface area contributed by atoms with Crippen molar-refractivity contribution in [1.29, 1.82) is 0 Å². The molecule has 0 spiro atoms. The standard InChI is InChI=1S/C16H32N2/c1-14(2)11-16(7-5-6-8-16)13-18-10-9-17-15(3,4)12-18/h14,17H,5-13H2,1-4H3. The Kier molecular flexibility index (Phi) is 4.38. The molecule has 0 bridgehead atoms. The van der Waals surface area contributed by atoms with Crippen molar-refractivity contribution in [2.75, 3.05) is 26.2 Å². The largest absolute Gasteiger partial charge is 0.309 e. The first-order valence-electron chi connectivity index (χ1n) is 7.88. The van der Waals surface area contributed by atoms with Crippen LogP contribution in [0.2, 0.25) is 0 Å². The van der Waals surface area contributed by atoms with Crippen LogP contribution in [0.15, 0.2) is 0 Å². The van der Waals surface area contributed by atoms with E-state index in [9.17, 15) is 0 Å². The molecule has 2 rings (SSSR count). The summed E-state index contributed by atoms with van der Waals surface area (Å²) >= 11 is 0. The van der Waals surface area contributed by atoms with Gasteiger partial charge in [0.1, 0.15) is 0 Å². The van der Waals surface area contributed by atoms with Crippen LogP contribution in [0.3, 0.4) is 0 Å². The van der Waals surface area contributed by atoms with Gasteiger partial charge in [0.2, 0.25) is 0 Å². The maximum atomic E-state index is 3.62. The highest BCUT2D eigenvalue weighted by atomic mass is 15.2. The number of rotatable bonds is 4. The number of nitrogens with one attached hydrogen (secondary N) is 1. The van der Waals surface area contributed by atoms with Gasteiger partial charge in [0.25, 0.3) is 0 Å². The van der Waals surface area contributed by atoms with E-state index in [1.54, 1.807) is 0 Å². The maximum Gasteiger partial charge on any atom is 0.0252 e. The van der Waals surface area contributed by atoms with Crippen LogP contribution in [0.4, 0.5) is 0 Å². The third kappa shape index (κ3) is 3.71. The first kappa shape index (κ1) is 14.3. The van der Waals surface area contributed by atoms with Crippen LogP contribution in [0, 0.1) is 11.3 Å². The van der Waals surface area contributed by atoms with Crippen LogP contribution in [-0.2, 0) is 0 Å². The van der Waals surface area contributed by atoms with Crippen molar-refractivity contribution < 1.29 is 0 Å². The van der Waals surface area contributed by atoms with Gasteiger partial charge < -0.3 is 5.32 Å². The molecule has 1 saturated heterocycles. The molecule has 2 nitrogen and oxygen atoms in total. The van der Waals surface area contributed by atoms with E-state index in [2.05, 4.69) is 37.9 Å². The smallest absolute Gasteiger partial charge is 0.0252 e. The first-order valence-corrected chi connectivity index (χ1v) is 7.88. The molecule has 18 heavy (non-hydrogen) atoms. The zero-order valence-corrected chi connectivity index (χ0v) is 12.9. The van der Waals surface area contributed by atoms with E-state index < -0.39 is 0 Å². The van der Waals surface area contributed by atoms with Crippen LogP contribution < -0.4 is 5.32 Å². The highest BCUT2D eigenvalue weighted by Gasteiger charge is 2.37. The molecule has 0 atom stereocenters. The first-order chi connectivity index (χ1) is 8.41. The fourth-order valence-corrected chi connectivity index (χ4v) is 4.27. The van der Waals surface area contributed by atoms with Crippen molar-refractivity contribution in [3.8, 4) is 0 Å². The van der Waals surface area contributed by atoms with Gasteiger partial charge in [-0.3, -0.25) is 4.90 Å². The molecule has 2 fully saturated rings. The Labute approximate surface area is 114 Å². The van der Waals surface area contributed by atoms with E-state index in [4.69, 9.17) is 0 Å². The maximum absolute atomic E-state index is 3.62. The van der Waals surface area contributed by atoms with Crippen LogP contribution in [-0.4, -0.2) is 36.6 Å². The lowest BCUT2D eigenvalue weighted by molar-refractivity contribution is 0.0820. The minimum absolute atomic E-state index is 0.301. The second-order valence-corrected chi connectivity index (χ2v) is 7.83. The quantitative estimate of drug-likeness (QED) is 0.826. The molecule has 0 radical (unpaired) electrons. The van der Waals surface area contributed by atoms with Gasteiger partial charge in [-0.05, 0) is 44.4 Å². The van der Waals surface area contributed by atoms with Crippen molar-refractivity contribution in [3.63, 3.8) is 0 Å². The average molecular weight is 252 g/mol. The van der Waals surface area contributed by atoms with Gasteiger partial charge in [-0.1, -0.05) is 26.7 Å². The molecule has 1 aliphatic heterocycles. The Morgan fingerprint density at radius 1 is 1.17 bits per heavy atom. The highest BCUT2D eigenvalue weighted by molar-refractivity contribution is 4.93. The van der Waals surface area contributed by atoms with Crippen LogP contribution in [0.5, 0.6) is 0 Å². The van der Waals surface area contributed by atoms with Crippen molar-refractivity contribution in [2.45, 2.75) is 65.3 Å². The fourth-order valence-electron chi connectivity index (χ4n) is 4.27. The molecule has 1 heterocycles. The number of hydrogen-bond acceptors (Lipinski definition) is 2. The van der Waals surface area contributed by atoms with E-state index in [1.807, 2.05) is 0 Å². The molecule has 0 aromatic rings. The van der Waals surface area contributed by atoms with Gasteiger partial charge in [0, 0.05) is 31.7 Å². The molecule has 0 unspecified atom stereocenters. The van der Waals surface area contributed by atoms with Crippen molar-refractivity contribution in [2.24, 2.45) is 11.3 Å². The summed E-state index contributed by atoms with van der Waals surface area (Å²) in [7, 11) is 0. The summed E-state index contributed by atoms with van der Waals surface area (Å²) in [6.07, 6.45) is 7.28. The summed E-state index contributed by atoms with van der Waals surface area (Å²) in [6, 6.07) is 0. The Bertz CT molecular complexity index is 264. The van der Waals surface area contributed by atoms with E-state index in [-0.39, 0.29) is 0 Å². The summed E-state index contributed by atoms with van der Waals surface area (Å²) in [5, 5.41) is 3.62. The van der Waals surface area contributed by atoms with E-state index >= 15 is 0 Å². The molecule has 106 valence electrons. The monoisotopic (exact) mass is 252 g/mol. The highest BCUT2D eigenvalue weighted by Crippen LogP contribution is 2.44. The average Bonchev–Trinajstić information content (AvgIpc) is 2.63. The minimum Gasteiger partial charge on any atom is -0.309 e. The number of piperazine rings is 1. The van der Waals surface area contributed by atoms with Gasteiger partial charge in [0.15, 0.2) is 0 Å². The summed E-state index contributed by atoms with van der Waals surface area (Å²) in [5.41, 5.74) is 0.942. The summed E-state index contributed by atoms with van der Waals surface area (Å²) in [6.45, 7) is 14.4.